The second-order valence-corrected chi connectivity index (χ2v) is 6.13. The number of nitrogens with two attached hydrogens (primary N) is 1. The zero-order chi connectivity index (χ0) is 17.5. The SMILES string of the molecule is CC(C)[C@@H]([NH2+]CC(=O)NCc1ccccc1F)c1ccc(F)cc1. The van der Waals surface area contributed by atoms with Gasteiger partial charge >= 0.3 is 0 Å². The molecule has 24 heavy (non-hydrogen) atoms. The van der Waals surface area contributed by atoms with Gasteiger partial charge in [-0.2, -0.15) is 0 Å². The van der Waals surface area contributed by atoms with Crippen molar-refractivity contribution in [2.24, 2.45) is 5.92 Å². The number of rotatable bonds is 7. The third-order valence-corrected chi connectivity index (χ3v) is 3.96. The molecule has 0 aliphatic heterocycles. The van der Waals surface area contributed by atoms with E-state index in [0.29, 0.717) is 5.56 Å². The zero-order valence-corrected chi connectivity index (χ0v) is 13.9. The molecule has 0 radical (unpaired) electrons. The molecule has 2 rings (SSSR count). The summed E-state index contributed by atoms with van der Waals surface area (Å²) in [4.78, 5) is 12.0. The molecular weight excluding hydrogens is 310 g/mol. The number of hydrogen-bond acceptors (Lipinski definition) is 1. The molecule has 0 aliphatic rings. The van der Waals surface area contributed by atoms with Gasteiger partial charge in [-0.3, -0.25) is 4.79 Å². The number of nitrogens with one attached hydrogen (secondary N) is 1. The topological polar surface area (TPSA) is 45.7 Å². The first-order chi connectivity index (χ1) is 11.5. The van der Waals surface area contributed by atoms with E-state index in [9.17, 15) is 13.6 Å². The minimum Gasteiger partial charge on any atom is -0.347 e. The third-order valence-electron chi connectivity index (χ3n) is 3.96. The summed E-state index contributed by atoms with van der Waals surface area (Å²) in [5.41, 5.74) is 1.44. The van der Waals surface area contributed by atoms with Gasteiger partial charge in [0.25, 0.3) is 5.91 Å². The average Bonchev–Trinajstić information content (AvgIpc) is 2.55. The maximum absolute atomic E-state index is 13.5. The number of halogens is 2. The summed E-state index contributed by atoms with van der Waals surface area (Å²) >= 11 is 0. The molecule has 2 aromatic carbocycles. The summed E-state index contributed by atoms with van der Waals surface area (Å²) in [6, 6.07) is 12.8. The van der Waals surface area contributed by atoms with Gasteiger partial charge in [0, 0.05) is 23.6 Å². The first-order valence-electron chi connectivity index (χ1n) is 8.06. The van der Waals surface area contributed by atoms with Crippen LogP contribution in [0.1, 0.15) is 31.0 Å². The lowest BCUT2D eigenvalue weighted by Crippen LogP contribution is -2.88. The van der Waals surface area contributed by atoms with Crippen molar-refractivity contribution in [3.63, 3.8) is 0 Å². The van der Waals surface area contributed by atoms with Gasteiger partial charge in [-0.25, -0.2) is 8.78 Å². The molecule has 0 bridgehead atoms. The molecule has 3 N–H and O–H groups in total. The molecule has 5 heteroatoms. The highest BCUT2D eigenvalue weighted by molar-refractivity contribution is 5.76. The van der Waals surface area contributed by atoms with Crippen LogP contribution >= 0.6 is 0 Å². The fourth-order valence-electron chi connectivity index (χ4n) is 2.62. The van der Waals surface area contributed by atoms with Crippen molar-refractivity contribution in [2.75, 3.05) is 6.54 Å². The maximum Gasteiger partial charge on any atom is 0.275 e. The molecule has 1 amide bonds. The van der Waals surface area contributed by atoms with Gasteiger partial charge in [0.15, 0.2) is 6.54 Å². The van der Waals surface area contributed by atoms with Crippen LogP contribution in [0.25, 0.3) is 0 Å². The van der Waals surface area contributed by atoms with Crippen LogP contribution in [0.2, 0.25) is 0 Å². The smallest absolute Gasteiger partial charge is 0.275 e. The minimum absolute atomic E-state index is 0.0600. The summed E-state index contributed by atoms with van der Waals surface area (Å²) < 4.78 is 26.6. The van der Waals surface area contributed by atoms with E-state index in [-0.39, 0.29) is 42.6 Å². The second-order valence-electron chi connectivity index (χ2n) is 6.13. The van der Waals surface area contributed by atoms with Crippen LogP contribution in [-0.4, -0.2) is 12.5 Å². The number of amides is 1. The highest BCUT2D eigenvalue weighted by atomic mass is 19.1. The van der Waals surface area contributed by atoms with Crippen LogP contribution in [0.15, 0.2) is 48.5 Å². The van der Waals surface area contributed by atoms with Crippen molar-refractivity contribution in [3.05, 3.63) is 71.3 Å². The predicted octanol–water partition coefficient (Wildman–Crippen LogP) is 2.54. The van der Waals surface area contributed by atoms with E-state index < -0.39 is 0 Å². The molecule has 0 heterocycles. The van der Waals surface area contributed by atoms with E-state index in [1.807, 2.05) is 5.32 Å². The van der Waals surface area contributed by atoms with Crippen LogP contribution in [0, 0.1) is 17.6 Å². The molecule has 0 unspecified atom stereocenters. The fraction of sp³-hybridized carbons (Fsp3) is 0.316. The molecule has 0 spiro atoms. The summed E-state index contributed by atoms with van der Waals surface area (Å²) in [5, 5.41) is 4.65. The molecule has 0 aromatic heterocycles. The van der Waals surface area contributed by atoms with Gasteiger partial charge in [0.05, 0.1) is 0 Å². The molecule has 0 saturated carbocycles. The van der Waals surface area contributed by atoms with Gasteiger partial charge < -0.3 is 10.6 Å². The number of hydrogen-bond donors (Lipinski definition) is 2. The van der Waals surface area contributed by atoms with Gasteiger partial charge in [0.2, 0.25) is 0 Å². The van der Waals surface area contributed by atoms with E-state index in [2.05, 4.69) is 19.2 Å². The predicted molar refractivity (Wildman–Crippen MR) is 89.0 cm³/mol. The minimum atomic E-state index is -0.326. The average molecular weight is 333 g/mol. The maximum atomic E-state index is 13.5. The lowest BCUT2D eigenvalue weighted by molar-refractivity contribution is -0.692. The molecule has 0 saturated heterocycles. The standard InChI is InChI=1S/C19H22F2N2O/c1-13(2)19(14-7-9-16(20)10-8-14)23-12-18(24)22-11-15-5-3-4-6-17(15)21/h3-10,13,19,23H,11-12H2,1-2H3,(H,22,24)/p+1/t19-/m1/s1. The fourth-order valence-corrected chi connectivity index (χ4v) is 2.62. The Morgan fingerprint density at radius 3 is 2.38 bits per heavy atom. The largest absolute Gasteiger partial charge is 0.347 e. The Kier molecular flexibility index (Phi) is 6.44. The van der Waals surface area contributed by atoms with Gasteiger partial charge in [-0.15, -0.1) is 0 Å². The molecule has 2 aromatic rings. The third kappa shape index (κ3) is 5.13. The Hall–Kier alpha value is -2.27. The van der Waals surface area contributed by atoms with Crippen LogP contribution < -0.4 is 10.6 Å². The first-order valence-corrected chi connectivity index (χ1v) is 8.06. The molecule has 1 atom stereocenters. The second kappa shape index (κ2) is 8.55. The van der Waals surface area contributed by atoms with Gasteiger partial charge in [-0.05, 0) is 18.2 Å². The van der Waals surface area contributed by atoms with Crippen molar-refractivity contribution in [1.29, 1.82) is 0 Å². The normalized spacial score (nSPS) is 12.2. The molecule has 0 fully saturated rings. The van der Waals surface area contributed by atoms with Gasteiger partial charge in [0.1, 0.15) is 17.7 Å². The van der Waals surface area contributed by atoms with E-state index in [1.165, 1.54) is 18.2 Å². The number of carbonyl (C=O) groups is 1. The first kappa shape index (κ1) is 18.1. The van der Waals surface area contributed by atoms with E-state index in [4.69, 9.17) is 0 Å². The van der Waals surface area contributed by atoms with Crippen LogP contribution in [-0.2, 0) is 11.3 Å². The Balaban J connectivity index is 1.88. The van der Waals surface area contributed by atoms with Crippen molar-refractivity contribution in [1.82, 2.24) is 5.32 Å². The van der Waals surface area contributed by atoms with E-state index in [0.717, 1.165) is 5.56 Å². The summed E-state index contributed by atoms with van der Waals surface area (Å²) in [5.74, 6) is -0.474. The van der Waals surface area contributed by atoms with Crippen molar-refractivity contribution >= 4 is 5.91 Å². The number of quaternary nitrogens is 1. The van der Waals surface area contributed by atoms with Crippen LogP contribution in [0.3, 0.4) is 0 Å². The monoisotopic (exact) mass is 333 g/mol. The lowest BCUT2D eigenvalue weighted by Gasteiger charge is -2.19. The summed E-state index contributed by atoms with van der Waals surface area (Å²) in [7, 11) is 0. The van der Waals surface area contributed by atoms with Crippen molar-refractivity contribution < 1.29 is 18.9 Å². The number of benzene rings is 2. The summed E-state index contributed by atoms with van der Waals surface area (Å²) in [6.07, 6.45) is 0. The van der Waals surface area contributed by atoms with Crippen molar-refractivity contribution in [3.8, 4) is 0 Å². The quantitative estimate of drug-likeness (QED) is 0.804. The Morgan fingerprint density at radius 1 is 1.08 bits per heavy atom. The molecular formula is C19H23F2N2O+. The highest BCUT2D eigenvalue weighted by Crippen LogP contribution is 2.17. The summed E-state index contributed by atoms with van der Waals surface area (Å²) in [6.45, 7) is 4.51. The Morgan fingerprint density at radius 2 is 1.75 bits per heavy atom. The van der Waals surface area contributed by atoms with E-state index in [1.54, 1.807) is 30.3 Å². The van der Waals surface area contributed by atoms with Crippen LogP contribution in [0.4, 0.5) is 8.78 Å². The van der Waals surface area contributed by atoms with E-state index >= 15 is 0 Å². The van der Waals surface area contributed by atoms with Crippen LogP contribution in [0.5, 0.6) is 0 Å². The lowest BCUT2D eigenvalue weighted by atomic mass is 9.96. The Labute approximate surface area is 141 Å². The number of carbonyl (C=O) groups excluding carboxylic acids is 1. The molecule has 128 valence electrons. The zero-order valence-electron chi connectivity index (χ0n) is 13.9. The van der Waals surface area contributed by atoms with Gasteiger partial charge in [-0.1, -0.05) is 44.2 Å². The Bertz CT molecular complexity index is 671. The molecule has 3 nitrogen and oxygen atoms in total. The van der Waals surface area contributed by atoms with Crippen molar-refractivity contribution in [2.45, 2.75) is 26.4 Å². The highest BCUT2D eigenvalue weighted by Gasteiger charge is 2.20. The molecule has 0 aliphatic carbocycles.